The third-order valence-corrected chi connectivity index (χ3v) is 8.27. The lowest BCUT2D eigenvalue weighted by atomic mass is 9.72. The highest BCUT2D eigenvalue weighted by molar-refractivity contribution is 7.16. The number of fused-ring (bicyclic) bond motifs is 1. The van der Waals surface area contributed by atoms with Crippen molar-refractivity contribution in [1.29, 1.82) is 0 Å². The van der Waals surface area contributed by atoms with Crippen LogP contribution in [0.15, 0.2) is 47.5 Å². The van der Waals surface area contributed by atoms with Gasteiger partial charge < -0.3 is 19.5 Å². The number of ether oxygens (including phenoxy) is 3. The number of hydrogen-bond donors (Lipinski definition) is 1. The average Bonchev–Trinajstić information content (AvgIpc) is 3.29. The maximum atomic E-state index is 13.7. The van der Waals surface area contributed by atoms with Crippen molar-refractivity contribution >= 4 is 40.1 Å². The molecule has 1 aliphatic rings. The Bertz CT molecular complexity index is 1370. The van der Waals surface area contributed by atoms with E-state index in [9.17, 15) is 9.59 Å². The number of benzene rings is 2. The molecule has 0 unspecified atom stereocenters. The lowest BCUT2D eigenvalue weighted by Gasteiger charge is -2.33. The molecule has 0 saturated heterocycles. The molecule has 8 heteroatoms. The summed E-state index contributed by atoms with van der Waals surface area (Å²) in [6, 6.07) is 12.3. The molecule has 1 aromatic heterocycles. The summed E-state index contributed by atoms with van der Waals surface area (Å²) in [6.45, 7) is 8.90. The Kier molecular flexibility index (Phi) is 8.75. The minimum Gasteiger partial charge on any atom is -0.493 e. The molecule has 0 bridgehead atoms. The molecule has 0 aliphatic heterocycles. The smallest absolute Gasteiger partial charge is 0.338 e. The predicted molar refractivity (Wildman–Crippen MR) is 156 cm³/mol. The first kappa shape index (κ1) is 28.4. The van der Waals surface area contributed by atoms with E-state index >= 15 is 0 Å². The largest absolute Gasteiger partial charge is 0.493 e. The Morgan fingerprint density at radius 1 is 1.10 bits per heavy atom. The van der Waals surface area contributed by atoms with Crippen molar-refractivity contribution in [2.75, 3.05) is 26.1 Å². The summed E-state index contributed by atoms with van der Waals surface area (Å²) >= 11 is 1.58. The van der Waals surface area contributed by atoms with Gasteiger partial charge in [-0.3, -0.25) is 4.79 Å². The van der Waals surface area contributed by atoms with Crippen molar-refractivity contribution in [3.63, 3.8) is 0 Å². The summed E-state index contributed by atoms with van der Waals surface area (Å²) in [6.07, 6.45) is 4.51. The number of anilines is 1. The van der Waals surface area contributed by atoms with Crippen LogP contribution >= 0.6 is 11.3 Å². The number of carbonyl (C=O) groups excluding carboxylic acids is 2. The van der Waals surface area contributed by atoms with E-state index < -0.39 is 0 Å². The van der Waals surface area contributed by atoms with Crippen LogP contribution in [0.3, 0.4) is 0 Å². The zero-order chi connectivity index (χ0) is 28.2. The van der Waals surface area contributed by atoms with Gasteiger partial charge in [0.05, 0.1) is 32.0 Å². The molecule has 1 amide bonds. The van der Waals surface area contributed by atoms with Crippen molar-refractivity contribution < 1.29 is 23.8 Å². The van der Waals surface area contributed by atoms with Gasteiger partial charge in [-0.15, -0.1) is 11.3 Å². The summed E-state index contributed by atoms with van der Waals surface area (Å²) < 4.78 is 16.0. The molecule has 0 fully saturated rings. The van der Waals surface area contributed by atoms with Crippen LogP contribution in [0.1, 0.15) is 70.8 Å². The molecule has 1 N–H and O–H groups in total. The Balaban J connectivity index is 1.68. The SMILES string of the molecule is CCOC(=O)c1ccc(NC(=O)c2c(N=Cc3cccc(OC)c3OC)sc3c2CC[C@@H](C(C)(C)C)C3)cc1. The van der Waals surface area contributed by atoms with Crippen LogP contribution in [0.4, 0.5) is 10.7 Å². The molecule has 3 aromatic rings. The van der Waals surface area contributed by atoms with Crippen LogP contribution in [0, 0.1) is 11.3 Å². The van der Waals surface area contributed by atoms with Crippen LogP contribution in [0.5, 0.6) is 11.5 Å². The van der Waals surface area contributed by atoms with Gasteiger partial charge in [-0.1, -0.05) is 26.8 Å². The van der Waals surface area contributed by atoms with E-state index in [1.165, 1.54) is 4.88 Å². The number of carbonyl (C=O) groups is 2. The maximum absolute atomic E-state index is 13.7. The van der Waals surface area contributed by atoms with E-state index in [1.807, 2.05) is 18.2 Å². The lowest BCUT2D eigenvalue weighted by Crippen LogP contribution is -2.27. The predicted octanol–water partition coefficient (Wildman–Crippen LogP) is 7.10. The molecule has 0 saturated carbocycles. The number of aliphatic imine (C=N–C) groups is 1. The second-order valence-corrected chi connectivity index (χ2v) is 11.7. The summed E-state index contributed by atoms with van der Waals surface area (Å²) in [5.74, 6) is 1.13. The third kappa shape index (κ3) is 6.33. The van der Waals surface area contributed by atoms with E-state index in [4.69, 9.17) is 19.2 Å². The first-order valence-corrected chi connectivity index (χ1v) is 14.0. The molecular formula is C31H36N2O5S. The first-order chi connectivity index (χ1) is 18.7. The van der Waals surface area contributed by atoms with E-state index in [0.717, 1.165) is 30.4 Å². The van der Waals surface area contributed by atoms with Crippen LogP contribution in [-0.4, -0.2) is 38.9 Å². The van der Waals surface area contributed by atoms with E-state index in [0.29, 0.717) is 45.8 Å². The molecule has 7 nitrogen and oxygen atoms in total. The van der Waals surface area contributed by atoms with Gasteiger partial charge in [-0.25, -0.2) is 9.79 Å². The molecule has 0 spiro atoms. The molecule has 2 aromatic carbocycles. The average molecular weight is 549 g/mol. The van der Waals surface area contributed by atoms with Gasteiger partial charge in [0.25, 0.3) is 5.91 Å². The monoisotopic (exact) mass is 548 g/mol. The quantitative estimate of drug-likeness (QED) is 0.240. The van der Waals surface area contributed by atoms with Crippen LogP contribution < -0.4 is 14.8 Å². The number of amides is 1. The normalized spacial score (nSPS) is 15.1. The summed E-state index contributed by atoms with van der Waals surface area (Å²) in [4.78, 5) is 31.7. The Hall–Kier alpha value is -3.65. The molecule has 1 atom stereocenters. The van der Waals surface area contributed by atoms with Gasteiger partial charge in [0.1, 0.15) is 5.00 Å². The number of nitrogens with one attached hydrogen (secondary N) is 1. The molecule has 1 heterocycles. The van der Waals surface area contributed by atoms with E-state index in [1.54, 1.807) is 63.0 Å². The Morgan fingerprint density at radius 3 is 2.49 bits per heavy atom. The zero-order valence-electron chi connectivity index (χ0n) is 23.4. The number of nitrogens with zero attached hydrogens (tertiary/aromatic N) is 1. The van der Waals surface area contributed by atoms with E-state index in [-0.39, 0.29) is 17.3 Å². The fraction of sp³-hybridized carbons (Fsp3) is 0.387. The lowest BCUT2D eigenvalue weighted by molar-refractivity contribution is 0.0526. The van der Waals surface area contributed by atoms with E-state index in [2.05, 4.69) is 26.1 Å². The fourth-order valence-electron chi connectivity index (χ4n) is 4.88. The summed E-state index contributed by atoms with van der Waals surface area (Å²) in [7, 11) is 3.19. The highest BCUT2D eigenvalue weighted by Gasteiger charge is 2.33. The van der Waals surface area contributed by atoms with Gasteiger partial charge in [-0.2, -0.15) is 0 Å². The second-order valence-electron chi connectivity index (χ2n) is 10.6. The Morgan fingerprint density at radius 2 is 1.85 bits per heavy atom. The number of esters is 1. The minimum absolute atomic E-state index is 0.183. The number of methoxy groups -OCH3 is 2. The molecule has 4 rings (SSSR count). The summed E-state index contributed by atoms with van der Waals surface area (Å²) in [5.41, 5.74) is 3.66. The van der Waals surface area contributed by atoms with Gasteiger partial charge >= 0.3 is 5.97 Å². The molecule has 0 radical (unpaired) electrons. The van der Waals surface area contributed by atoms with Gasteiger partial charge in [-0.05, 0) is 79.5 Å². The number of hydrogen-bond acceptors (Lipinski definition) is 7. The van der Waals surface area contributed by atoms with Crippen molar-refractivity contribution in [3.8, 4) is 11.5 Å². The standard InChI is InChI=1S/C31H36N2O5S/c1-7-38-30(35)19-11-14-22(15-12-19)33-28(34)26-23-16-13-21(31(2,3)4)17-25(23)39-29(26)32-18-20-9-8-10-24(36-5)27(20)37-6/h8-12,14-15,18,21H,7,13,16-17H2,1-6H3,(H,33,34)/t21-/m1/s1. The molecule has 206 valence electrons. The topological polar surface area (TPSA) is 86.2 Å². The van der Waals surface area contributed by atoms with Gasteiger partial charge in [0.2, 0.25) is 0 Å². The van der Waals surface area contributed by atoms with Crippen molar-refractivity contribution in [2.24, 2.45) is 16.3 Å². The third-order valence-electron chi connectivity index (χ3n) is 7.11. The molecular weight excluding hydrogens is 512 g/mol. The molecule has 39 heavy (non-hydrogen) atoms. The summed E-state index contributed by atoms with van der Waals surface area (Å²) in [5, 5.41) is 3.68. The van der Waals surface area contributed by atoms with Gasteiger partial charge in [0.15, 0.2) is 11.5 Å². The van der Waals surface area contributed by atoms with Crippen molar-refractivity contribution in [3.05, 3.63) is 69.6 Å². The maximum Gasteiger partial charge on any atom is 0.338 e. The van der Waals surface area contributed by atoms with Crippen LogP contribution in [0.25, 0.3) is 0 Å². The zero-order valence-corrected chi connectivity index (χ0v) is 24.2. The highest BCUT2D eigenvalue weighted by atomic mass is 32.1. The van der Waals surface area contributed by atoms with Crippen LogP contribution in [-0.2, 0) is 17.6 Å². The number of para-hydroxylation sites is 1. The molecule has 1 aliphatic carbocycles. The van der Waals surface area contributed by atoms with Gasteiger partial charge in [0, 0.05) is 22.3 Å². The highest BCUT2D eigenvalue weighted by Crippen LogP contribution is 2.45. The number of thiophene rings is 1. The second kappa shape index (κ2) is 12.0. The first-order valence-electron chi connectivity index (χ1n) is 13.1. The van der Waals surface area contributed by atoms with Crippen LogP contribution in [0.2, 0.25) is 0 Å². The van der Waals surface area contributed by atoms with Crippen molar-refractivity contribution in [1.82, 2.24) is 0 Å². The minimum atomic E-state index is -0.389. The number of rotatable bonds is 8. The fourth-order valence-corrected chi connectivity index (χ4v) is 6.14. The van der Waals surface area contributed by atoms with Crippen molar-refractivity contribution in [2.45, 2.75) is 47.0 Å². The Labute approximate surface area is 234 Å².